The standard InChI is InChI=1S/C7H14NO2/c1-7(9-2)8-3-5-10-6-4-8/h7H,1,3-6H2,2H3. The van der Waals surface area contributed by atoms with Gasteiger partial charge < -0.3 is 9.47 Å². The minimum atomic E-state index is -0.0103. The van der Waals surface area contributed by atoms with Gasteiger partial charge in [-0.2, -0.15) is 0 Å². The van der Waals surface area contributed by atoms with Crippen molar-refractivity contribution < 1.29 is 9.47 Å². The predicted molar refractivity (Wildman–Crippen MR) is 38.5 cm³/mol. The Morgan fingerprint density at radius 3 is 2.60 bits per heavy atom. The topological polar surface area (TPSA) is 21.7 Å². The van der Waals surface area contributed by atoms with E-state index in [0.29, 0.717) is 0 Å². The van der Waals surface area contributed by atoms with E-state index in [2.05, 4.69) is 11.8 Å². The molecule has 1 fully saturated rings. The number of ether oxygens (including phenoxy) is 2. The van der Waals surface area contributed by atoms with Crippen molar-refractivity contribution in [1.29, 1.82) is 0 Å². The Morgan fingerprint density at radius 1 is 1.50 bits per heavy atom. The average Bonchev–Trinajstić information content (AvgIpc) is 2.05. The van der Waals surface area contributed by atoms with Crippen LogP contribution in [0.1, 0.15) is 0 Å². The fourth-order valence-electron chi connectivity index (χ4n) is 1.01. The lowest BCUT2D eigenvalue weighted by Crippen LogP contribution is -2.43. The minimum Gasteiger partial charge on any atom is -0.379 e. The van der Waals surface area contributed by atoms with Crippen LogP contribution in [0.3, 0.4) is 0 Å². The lowest BCUT2D eigenvalue weighted by Gasteiger charge is -2.30. The summed E-state index contributed by atoms with van der Waals surface area (Å²) in [4.78, 5) is 2.16. The lowest BCUT2D eigenvalue weighted by molar-refractivity contribution is -0.0561. The zero-order valence-electron chi connectivity index (χ0n) is 6.38. The molecule has 1 heterocycles. The molecule has 0 aromatic rings. The molecule has 1 aliphatic heterocycles. The van der Waals surface area contributed by atoms with E-state index in [1.165, 1.54) is 0 Å². The monoisotopic (exact) mass is 144 g/mol. The molecule has 3 heteroatoms. The first-order valence-corrected chi connectivity index (χ1v) is 3.52. The highest BCUT2D eigenvalue weighted by atomic mass is 16.5. The maximum absolute atomic E-state index is 5.17. The number of rotatable bonds is 2. The number of hydrogen-bond acceptors (Lipinski definition) is 3. The fraction of sp³-hybridized carbons (Fsp3) is 0.857. The third-order valence-electron chi connectivity index (χ3n) is 1.73. The Kier molecular flexibility index (Phi) is 3.12. The summed E-state index contributed by atoms with van der Waals surface area (Å²) in [5.41, 5.74) is 0. The van der Waals surface area contributed by atoms with Crippen LogP contribution in [0.25, 0.3) is 0 Å². The van der Waals surface area contributed by atoms with Gasteiger partial charge >= 0.3 is 0 Å². The van der Waals surface area contributed by atoms with Gasteiger partial charge in [-0.05, 0) is 6.92 Å². The molecule has 0 aromatic heterocycles. The van der Waals surface area contributed by atoms with Crippen molar-refractivity contribution in [1.82, 2.24) is 4.90 Å². The van der Waals surface area contributed by atoms with Gasteiger partial charge in [0.2, 0.25) is 0 Å². The molecular formula is C7H14NO2. The molecule has 1 saturated heterocycles. The van der Waals surface area contributed by atoms with E-state index < -0.39 is 0 Å². The number of hydrogen-bond donors (Lipinski definition) is 0. The Labute approximate surface area is 61.9 Å². The van der Waals surface area contributed by atoms with Crippen LogP contribution in [0.4, 0.5) is 0 Å². The first-order valence-electron chi connectivity index (χ1n) is 3.52. The minimum absolute atomic E-state index is 0.0103. The SMILES string of the molecule is [CH2]C(OC)N1CCOCC1. The summed E-state index contributed by atoms with van der Waals surface area (Å²) in [6, 6.07) is 0. The first-order chi connectivity index (χ1) is 4.84. The van der Waals surface area contributed by atoms with Gasteiger partial charge in [0, 0.05) is 20.2 Å². The maximum atomic E-state index is 5.17. The molecule has 1 unspecified atom stereocenters. The Bertz CT molecular complexity index is 91.6. The molecule has 1 radical (unpaired) electrons. The molecule has 1 rings (SSSR count). The highest BCUT2D eigenvalue weighted by Gasteiger charge is 2.15. The summed E-state index contributed by atoms with van der Waals surface area (Å²) in [6.07, 6.45) is -0.0103. The van der Waals surface area contributed by atoms with Gasteiger partial charge in [0.15, 0.2) is 0 Å². The third kappa shape index (κ3) is 1.94. The number of nitrogens with zero attached hydrogens (tertiary/aromatic N) is 1. The van der Waals surface area contributed by atoms with Crippen LogP contribution in [0, 0.1) is 6.92 Å². The smallest absolute Gasteiger partial charge is 0.110 e. The van der Waals surface area contributed by atoms with Gasteiger partial charge in [0.1, 0.15) is 6.23 Å². The molecule has 0 spiro atoms. The molecular weight excluding hydrogens is 130 g/mol. The Balaban J connectivity index is 2.24. The molecule has 59 valence electrons. The van der Waals surface area contributed by atoms with Gasteiger partial charge in [-0.15, -0.1) is 0 Å². The van der Waals surface area contributed by atoms with Crippen LogP contribution < -0.4 is 0 Å². The second kappa shape index (κ2) is 3.91. The summed E-state index contributed by atoms with van der Waals surface area (Å²) in [7, 11) is 1.67. The molecule has 1 aliphatic rings. The van der Waals surface area contributed by atoms with E-state index in [1.54, 1.807) is 7.11 Å². The molecule has 0 amide bonds. The van der Waals surface area contributed by atoms with Crippen LogP contribution in [-0.4, -0.2) is 44.5 Å². The number of morpholine rings is 1. The summed E-state index contributed by atoms with van der Waals surface area (Å²) in [5, 5.41) is 0. The van der Waals surface area contributed by atoms with Crippen molar-refractivity contribution in [3.8, 4) is 0 Å². The van der Waals surface area contributed by atoms with Crippen LogP contribution >= 0.6 is 0 Å². The van der Waals surface area contributed by atoms with Gasteiger partial charge in [0.25, 0.3) is 0 Å². The van der Waals surface area contributed by atoms with Gasteiger partial charge in [0.05, 0.1) is 13.2 Å². The molecule has 0 aliphatic carbocycles. The Morgan fingerprint density at radius 2 is 2.10 bits per heavy atom. The first kappa shape index (κ1) is 7.98. The lowest BCUT2D eigenvalue weighted by atomic mass is 10.4. The van der Waals surface area contributed by atoms with Crippen molar-refractivity contribution >= 4 is 0 Å². The molecule has 3 nitrogen and oxygen atoms in total. The molecule has 0 bridgehead atoms. The maximum Gasteiger partial charge on any atom is 0.110 e. The molecule has 0 N–H and O–H groups in total. The van der Waals surface area contributed by atoms with Crippen molar-refractivity contribution in [2.75, 3.05) is 33.4 Å². The highest BCUT2D eigenvalue weighted by molar-refractivity contribution is 4.67. The molecule has 0 saturated carbocycles. The van der Waals surface area contributed by atoms with E-state index >= 15 is 0 Å². The summed E-state index contributed by atoms with van der Waals surface area (Å²) < 4.78 is 10.2. The van der Waals surface area contributed by atoms with Gasteiger partial charge in [-0.25, -0.2) is 0 Å². The fourth-order valence-corrected chi connectivity index (χ4v) is 1.01. The van der Waals surface area contributed by atoms with Crippen molar-refractivity contribution in [2.45, 2.75) is 6.23 Å². The zero-order valence-corrected chi connectivity index (χ0v) is 6.38. The summed E-state index contributed by atoms with van der Waals surface area (Å²) in [6.45, 7) is 7.30. The van der Waals surface area contributed by atoms with Crippen LogP contribution in [0.15, 0.2) is 0 Å². The van der Waals surface area contributed by atoms with E-state index in [0.717, 1.165) is 26.3 Å². The molecule has 1 atom stereocenters. The quantitative estimate of drug-likeness (QED) is 0.549. The van der Waals surface area contributed by atoms with Gasteiger partial charge in [-0.1, -0.05) is 0 Å². The van der Waals surface area contributed by atoms with Crippen LogP contribution in [-0.2, 0) is 9.47 Å². The number of methoxy groups -OCH3 is 1. The third-order valence-corrected chi connectivity index (χ3v) is 1.73. The molecule has 0 aromatic carbocycles. The highest BCUT2D eigenvalue weighted by Crippen LogP contribution is 2.02. The average molecular weight is 144 g/mol. The van der Waals surface area contributed by atoms with E-state index in [9.17, 15) is 0 Å². The van der Waals surface area contributed by atoms with E-state index in [4.69, 9.17) is 9.47 Å². The normalized spacial score (nSPS) is 24.6. The molecule has 10 heavy (non-hydrogen) atoms. The second-order valence-electron chi connectivity index (χ2n) is 2.34. The Hall–Kier alpha value is -0.120. The predicted octanol–water partition coefficient (Wildman–Crippen LogP) is 0.125. The van der Waals surface area contributed by atoms with E-state index in [-0.39, 0.29) is 6.23 Å². The summed E-state index contributed by atoms with van der Waals surface area (Å²) in [5.74, 6) is 0. The largest absolute Gasteiger partial charge is 0.379 e. The second-order valence-corrected chi connectivity index (χ2v) is 2.34. The summed E-state index contributed by atoms with van der Waals surface area (Å²) >= 11 is 0. The van der Waals surface area contributed by atoms with Crippen molar-refractivity contribution in [2.24, 2.45) is 0 Å². The van der Waals surface area contributed by atoms with Crippen molar-refractivity contribution in [3.63, 3.8) is 0 Å². The van der Waals surface area contributed by atoms with Crippen molar-refractivity contribution in [3.05, 3.63) is 6.92 Å². The van der Waals surface area contributed by atoms with Crippen LogP contribution in [0.5, 0.6) is 0 Å². The van der Waals surface area contributed by atoms with Gasteiger partial charge in [-0.3, -0.25) is 4.90 Å². The zero-order chi connectivity index (χ0) is 7.40. The van der Waals surface area contributed by atoms with E-state index in [1.807, 2.05) is 0 Å². The van der Waals surface area contributed by atoms with Crippen LogP contribution in [0.2, 0.25) is 0 Å².